The molecule has 0 radical (unpaired) electrons. The molecule has 92 valence electrons. The molecule has 2 aliphatic rings. The van der Waals surface area contributed by atoms with Gasteiger partial charge in [-0.05, 0) is 31.1 Å². The lowest BCUT2D eigenvalue weighted by Gasteiger charge is -2.23. The van der Waals surface area contributed by atoms with Gasteiger partial charge in [0, 0.05) is 25.6 Å². The minimum atomic E-state index is 0.214. The summed E-state index contributed by atoms with van der Waals surface area (Å²) in [5.41, 5.74) is 0.493. The first-order valence-corrected chi connectivity index (χ1v) is 6.68. The summed E-state index contributed by atoms with van der Waals surface area (Å²) in [4.78, 5) is 11.4. The van der Waals surface area contributed by atoms with Gasteiger partial charge in [-0.15, -0.1) is 0 Å². The largest absolute Gasteiger partial charge is 0.353 e. The number of amides is 1. The summed E-state index contributed by atoms with van der Waals surface area (Å²) in [6.45, 7) is 4.26. The first kappa shape index (κ1) is 11.9. The Labute approximate surface area is 98.4 Å². The van der Waals surface area contributed by atoms with Crippen molar-refractivity contribution in [1.82, 2.24) is 10.6 Å². The monoisotopic (exact) mass is 224 g/mol. The third kappa shape index (κ3) is 3.78. The maximum atomic E-state index is 11.4. The van der Waals surface area contributed by atoms with Gasteiger partial charge in [0.1, 0.15) is 0 Å². The molecular formula is C13H24N2O. The molecule has 0 atom stereocenters. The van der Waals surface area contributed by atoms with Crippen molar-refractivity contribution in [3.05, 3.63) is 0 Å². The van der Waals surface area contributed by atoms with Crippen LogP contribution in [0.4, 0.5) is 0 Å². The molecule has 3 heteroatoms. The fraction of sp³-hybridized carbons (Fsp3) is 0.923. The van der Waals surface area contributed by atoms with E-state index in [1.54, 1.807) is 0 Å². The van der Waals surface area contributed by atoms with Crippen molar-refractivity contribution in [2.45, 2.75) is 57.9 Å². The van der Waals surface area contributed by atoms with Gasteiger partial charge in [-0.1, -0.05) is 19.8 Å². The van der Waals surface area contributed by atoms with Crippen molar-refractivity contribution in [2.75, 3.05) is 13.1 Å². The molecule has 2 aliphatic carbocycles. The quantitative estimate of drug-likeness (QED) is 0.676. The molecule has 2 fully saturated rings. The van der Waals surface area contributed by atoms with E-state index in [2.05, 4.69) is 17.6 Å². The highest BCUT2D eigenvalue weighted by atomic mass is 16.1. The van der Waals surface area contributed by atoms with Gasteiger partial charge in [0.2, 0.25) is 5.91 Å². The molecule has 0 aromatic heterocycles. The zero-order valence-corrected chi connectivity index (χ0v) is 10.3. The van der Waals surface area contributed by atoms with E-state index in [-0.39, 0.29) is 5.91 Å². The average Bonchev–Trinajstić information content (AvgIpc) is 2.95. The predicted molar refractivity (Wildman–Crippen MR) is 65.2 cm³/mol. The molecule has 0 bridgehead atoms. The Morgan fingerprint density at radius 2 is 2.00 bits per heavy atom. The lowest BCUT2D eigenvalue weighted by molar-refractivity contribution is -0.121. The van der Waals surface area contributed by atoms with Crippen molar-refractivity contribution < 1.29 is 4.79 Å². The third-order valence-electron chi connectivity index (χ3n) is 3.83. The summed E-state index contributed by atoms with van der Waals surface area (Å²) in [6, 6.07) is 0.500. The maximum Gasteiger partial charge on any atom is 0.221 e. The van der Waals surface area contributed by atoms with Gasteiger partial charge >= 0.3 is 0 Å². The van der Waals surface area contributed by atoms with Gasteiger partial charge in [0.05, 0.1) is 0 Å². The zero-order chi connectivity index (χ0) is 11.4. The van der Waals surface area contributed by atoms with Crippen LogP contribution in [0, 0.1) is 5.41 Å². The second-order valence-corrected chi connectivity index (χ2v) is 5.79. The maximum absolute atomic E-state index is 11.4. The molecule has 2 rings (SSSR count). The molecule has 2 N–H and O–H groups in total. The van der Waals surface area contributed by atoms with E-state index in [1.807, 2.05) is 0 Å². The van der Waals surface area contributed by atoms with Crippen molar-refractivity contribution in [3.63, 3.8) is 0 Å². The fourth-order valence-corrected chi connectivity index (χ4v) is 2.52. The number of hydrogen-bond donors (Lipinski definition) is 2. The summed E-state index contributed by atoms with van der Waals surface area (Å²) < 4.78 is 0. The Kier molecular flexibility index (Phi) is 3.85. The van der Waals surface area contributed by atoms with E-state index < -0.39 is 0 Å². The van der Waals surface area contributed by atoms with E-state index in [4.69, 9.17) is 0 Å². The second-order valence-electron chi connectivity index (χ2n) is 5.79. The highest BCUT2D eigenvalue weighted by molar-refractivity contribution is 5.76. The topological polar surface area (TPSA) is 41.1 Å². The molecule has 0 aromatic carbocycles. The van der Waals surface area contributed by atoms with Crippen LogP contribution in [0.5, 0.6) is 0 Å². The summed E-state index contributed by atoms with van der Waals surface area (Å²) in [7, 11) is 0. The summed E-state index contributed by atoms with van der Waals surface area (Å²) >= 11 is 0. The van der Waals surface area contributed by atoms with E-state index in [0.717, 1.165) is 13.1 Å². The molecule has 0 heterocycles. The number of carbonyl (C=O) groups excluding carboxylic acids is 1. The van der Waals surface area contributed by atoms with Gasteiger partial charge in [0.15, 0.2) is 0 Å². The van der Waals surface area contributed by atoms with E-state index in [1.165, 1.54) is 38.5 Å². The van der Waals surface area contributed by atoms with Gasteiger partial charge in [0.25, 0.3) is 0 Å². The number of carbonyl (C=O) groups is 1. The number of nitrogens with one attached hydrogen (secondary N) is 2. The normalized spacial score (nSPS) is 23.3. The Hall–Kier alpha value is -0.570. The van der Waals surface area contributed by atoms with Crippen LogP contribution in [-0.2, 0) is 4.79 Å². The first-order chi connectivity index (χ1) is 7.68. The summed E-state index contributed by atoms with van der Waals surface area (Å²) in [6.07, 6.45) is 8.42. The molecule has 0 saturated heterocycles. The van der Waals surface area contributed by atoms with Gasteiger partial charge in [-0.2, -0.15) is 0 Å². The lowest BCUT2D eigenvalue weighted by atomic mass is 9.89. The molecular weight excluding hydrogens is 200 g/mol. The van der Waals surface area contributed by atoms with Crippen LogP contribution in [0.25, 0.3) is 0 Å². The SMILES string of the molecule is CC1(CNCCC(=O)NC2CC2)CCCC1. The average molecular weight is 224 g/mol. The van der Waals surface area contributed by atoms with Crippen LogP contribution in [-0.4, -0.2) is 25.0 Å². The Morgan fingerprint density at radius 3 is 2.62 bits per heavy atom. The van der Waals surface area contributed by atoms with Gasteiger partial charge < -0.3 is 10.6 Å². The minimum Gasteiger partial charge on any atom is -0.353 e. The molecule has 0 aliphatic heterocycles. The Bertz CT molecular complexity index is 242. The molecule has 2 saturated carbocycles. The van der Waals surface area contributed by atoms with E-state index in [0.29, 0.717) is 17.9 Å². The van der Waals surface area contributed by atoms with Crippen molar-refractivity contribution in [3.8, 4) is 0 Å². The molecule has 0 unspecified atom stereocenters. The van der Waals surface area contributed by atoms with Crippen molar-refractivity contribution in [1.29, 1.82) is 0 Å². The minimum absolute atomic E-state index is 0.214. The van der Waals surface area contributed by atoms with Crippen LogP contribution in [0.3, 0.4) is 0 Å². The molecule has 0 spiro atoms. The lowest BCUT2D eigenvalue weighted by Crippen LogP contribution is -2.33. The first-order valence-electron chi connectivity index (χ1n) is 6.68. The molecule has 0 aromatic rings. The predicted octanol–water partition coefficient (Wildman–Crippen LogP) is 1.82. The van der Waals surface area contributed by atoms with Crippen molar-refractivity contribution in [2.24, 2.45) is 5.41 Å². The molecule has 16 heavy (non-hydrogen) atoms. The van der Waals surface area contributed by atoms with E-state index >= 15 is 0 Å². The highest BCUT2D eigenvalue weighted by Crippen LogP contribution is 2.36. The number of rotatable bonds is 6. The van der Waals surface area contributed by atoms with Crippen LogP contribution >= 0.6 is 0 Å². The Balaban J connectivity index is 1.52. The fourth-order valence-electron chi connectivity index (χ4n) is 2.52. The van der Waals surface area contributed by atoms with Crippen LogP contribution in [0.2, 0.25) is 0 Å². The van der Waals surface area contributed by atoms with Crippen LogP contribution in [0.15, 0.2) is 0 Å². The standard InChI is InChI=1S/C13H24N2O/c1-13(7-2-3-8-13)10-14-9-6-12(16)15-11-4-5-11/h11,14H,2-10H2,1H3,(H,15,16). The summed E-state index contributed by atoms with van der Waals surface area (Å²) in [5, 5.41) is 6.44. The van der Waals surface area contributed by atoms with Crippen LogP contribution in [0.1, 0.15) is 51.9 Å². The molecule has 3 nitrogen and oxygen atoms in total. The third-order valence-corrected chi connectivity index (χ3v) is 3.83. The molecule has 1 amide bonds. The highest BCUT2D eigenvalue weighted by Gasteiger charge is 2.28. The zero-order valence-electron chi connectivity index (χ0n) is 10.3. The smallest absolute Gasteiger partial charge is 0.221 e. The van der Waals surface area contributed by atoms with Crippen molar-refractivity contribution >= 4 is 5.91 Å². The van der Waals surface area contributed by atoms with Gasteiger partial charge in [-0.3, -0.25) is 4.79 Å². The Morgan fingerprint density at radius 1 is 1.31 bits per heavy atom. The second kappa shape index (κ2) is 5.17. The van der Waals surface area contributed by atoms with E-state index in [9.17, 15) is 4.79 Å². The summed E-state index contributed by atoms with van der Waals surface area (Å²) in [5.74, 6) is 0.214. The van der Waals surface area contributed by atoms with Crippen LogP contribution < -0.4 is 10.6 Å². The number of hydrogen-bond acceptors (Lipinski definition) is 2. The van der Waals surface area contributed by atoms with Gasteiger partial charge in [-0.25, -0.2) is 0 Å².